The van der Waals surface area contributed by atoms with Crippen molar-refractivity contribution in [2.75, 3.05) is 56.1 Å². The van der Waals surface area contributed by atoms with E-state index in [-0.39, 0.29) is 20.1 Å². The predicted molar refractivity (Wildman–Crippen MR) is 180 cm³/mol. The molecule has 0 spiro atoms. The fourth-order valence-electron chi connectivity index (χ4n) is 5.51. The summed E-state index contributed by atoms with van der Waals surface area (Å²) in [5.41, 5.74) is 13.5. The fourth-order valence-corrected chi connectivity index (χ4v) is 6.82. The van der Waals surface area contributed by atoms with Gasteiger partial charge in [-0.05, 0) is 90.6 Å². The molecule has 1 saturated heterocycles. The van der Waals surface area contributed by atoms with Crippen molar-refractivity contribution in [1.29, 1.82) is 0 Å². The quantitative estimate of drug-likeness (QED) is 0.196. The van der Waals surface area contributed by atoms with Crippen LogP contribution in [-0.4, -0.2) is 69.0 Å². The normalized spacial score (nSPS) is 18.7. The van der Waals surface area contributed by atoms with E-state index in [1.807, 2.05) is 12.1 Å². The number of aromatic nitrogens is 2. The van der Waals surface area contributed by atoms with Crippen molar-refractivity contribution in [1.82, 2.24) is 9.97 Å². The summed E-state index contributed by atoms with van der Waals surface area (Å²) in [7, 11) is 3.11. The van der Waals surface area contributed by atoms with Crippen molar-refractivity contribution in [2.45, 2.75) is 38.9 Å². The van der Waals surface area contributed by atoms with E-state index >= 15 is 0 Å². The number of morpholine rings is 1. The van der Waals surface area contributed by atoms with Crippen LogP contribution in [-0.2, 0) is 17.6 Å². The molecule has 11 heteroatoms. The topological polar surface area (TPSA) is 110 Å². The zero-order chi connectivity index (χ0) is 30.0. The number of methoxy groups -OCH3 is 1. The number of hydrogen-bond donors (Lipinski definition) is 3. The second kappa shape index (κ2) is 13.0. The number of halogens is 1. The molecule has 222 valence electrons. The number of aryl methyl sites for hydroxylation is 2. The summed E-state index contributed by atoms with van der Waals surface area (Å²) < 4.78 is 12.6. The van der Waals surface area contributed by atoms with Gasteiger partial charge in [0.15, 0.2) is 0 Å². The zero-order valence-electron chi connectivity index (χ0n) is 25.0. The summed E-state index contributed by atoms with van der Waals surface area (Å²) in [4.78, 5) is 16.0. The maximum Gasteiger partial charge on any atom is 0.229 e. The third kappa shape index (κ3) is 6.41. The molecule has 2 heterocycles. The van der Waals surface area contributed by atoms with E-state index in [1.54, 1.807) is 32.8 Å². The molecule has 4 N–H and O–H groups in total. The molecule has 2 aliphatic rings. The minimum Gasteiger partial charge on any atom is -0.494 e. The number of nitrogens with zero attached hydrogens (tertiary/aromatic N) is 4. The second-order valence-electron chi connectivity index (χ2n) is 10.9. The molecule has 42 heavy (non-hydrogen) atoms. The first kappa shape index (κ1) is 30.3. The Balaban J connectivity index is 1.51. The molecule has 1 aromatic heterocycles. The van der Waals surface area contributed by atoms with E-state index in [4.69, 9.17) is 20.2 Å². The molecule has 0 amide bonds. The Morgan fingerprint density at radius 1 is 1.12 bits per heavy atom. The first-order chi connectivity index (χ1) is 20.2. The van der Waals surface area contributed by atoms with Gasteiger partial charge in [0.2, 0.25) is 5.95 Å². The summed E-state index contributed by atoms with van der Waals surface area (Å²) >= 11 is 3.64. The number of aliphatic imine (C=N–C) groups is 1. The smallest absolute Gasteiger partial charge is 0.229 e. The molecular weight excluding hydrogens is 613 g/mol. The number of benzene rings is 2. The molecule has 1 fully saturated rings. The van der Waals surface area contributed by atoms with Crippen molar-refractivity contribution in [2.24, 2.45) is 10.7 Å². The number of nitrogens with two attached hydrogens (primary N) is 1. The van der Waals surface area contributed by atoms with Gasteiger partial charge in [-0.1, -0.05) is 7.92 Å². The minimum atomic E-state index is -0.292. The maximum absolute atomic E-state index is 6.10. The Labute approximate surface area is 257 Å². The van der Waals surface area contributed by atoms with Crippen LogP contribution in [0.15, 0.2) is 46.1 Å². The Morgan fingerprint density at radius 2 is 1.83 bits per heavy atom. The molecule has 1 aliphatic carbocycles. The fraction of sp³-hybridized carbons (Fsp3) is 0.387. The highest BCUT2D eigenvalue weighted by Gasteiger charge is 2.26. The van der Waals surface area contributed by atoms with Crippen LogP contribution in [0.4, 0.5) is 28.8 Å². The van der Waals surface area contributed by atoms with Crippen LogP contribution in [0.3, 0.4) is 0 Å². The van der Waals surface area contributed by atoms with Crippen molar-refractivity contribution in [3.8, 4) is 5.75 Å². The number of anilines is 5. The second-order valence-corrected chi connectivity index (χ2v) is 14.0. The molecule has 1 aliphatic heterocycles. The first-order valence-electron chi connectivity index (χ1n) is 14.1. The predicted octanol–water partition coefficient (Wildman–Crippen LogP) is 5.81. The molecule has 3 aromatic rings. The van der Waals surface area contributed by atoms with Gasteiger partial charge in [-0.15, -0.1) is 0 Å². The molecule has 0 radical (unpaired) electrons. The number of ether oxygens (including phenoxy) is 2. The maximum atomic E-state index is 6.10. The lowest BCUT2D eigenvalue weighted by Gasteiger charge is -2.38. The number of nitrogens with one attached hydrogen (secondary N) is 2. The highest BCUT2D eigenvalue weighted by Crippen LogP contribution is 2.40. The summed E-state index contributed by atoms with van der Waals surface area (Å²) in [6.07, 6.45) is 7.57. The number of fused-ring (bicyclic) bond motifs is 1. The van der Waals surface area contributed by atoms with Gasteiger partial charge in [-0.2, -0.15) is 4.98 Å². The molecule has 2 atom stereocenters. The number of rotatable bonds is 9. The Hall–Kier alpha value is -3.20. The van der Waals surface area contributed by atoms with Crippen LogP contribution >= 0.6 is 23.9 Å². The molecule has 9 nitrogen and oxygen atoms in total. The van der Waals surface area contributed by atoms with E-state index in [1.165, 1.54) is 16.4 Å². The molecular formula is C31H39BrN7O2P. The van der Waals surface area contributed by atoms with Gasteiger partial charge in [0, 0.05) is 67.3 Å². The van der Waals surface area contributed by atoms with Crippen molar-refractivity contribution < 1.29 is 9.47 Å². The molecule has 2 unspecified atom stereocenters. The minimum absolute atomic E-state index is 0.0939. The van der Waals surface area contributed by atoms with Gasteiger partial charge in [0.1, 0.15) is 11.6 Å². The molecule has 2 aromatic carbocycles. The zero-order valence-corrected chi connectivity index (χ0v) is 27.5. The largest absolute Gasteiger partial charge is 0.494 e. The van der Waals surface area contributed by atoms with Gasteiger partial charge >= 0.3 is 0 Å². The van der Waals surface area contributed by atoms with Gasteiger partial charge in [0.05, 0.1) is 29.5 Å². The van der Waals surface area contributed by atoms with Crippen LogP contribution < -0.4 is 31.3 Å². The van der Waals surface area contributed by atoms with Crippen molar-refractivity contribution in [3.63, 3.8) is 0 Å². The van der Waals surface area contributed by atoms with Gasteiger partial charge in [0.25, 0.3) is 0 Å². The summed E-state index contributed by atoms with van der Waals surface area (Å²) in [5.74, 6) is 1.80. The average Bonchev–Trinajstić information content (AvgIpc) is 2.94. The van der Waals surface area contributed by atoms with E-state index in [0.29, 0.717) is 17.5 Å². The monoisotopic (exact) mass is 651 g/mol. The Morgan fingerprint density at radius 3 is 2.45 bits per heavy atom. The van der Waals surface area contributed by atoms with Gasteiger partial charge in [-0.25, -0.2) is 4.98 Å². The number of allylic oxidation sites excluding steroid dienone is 1. The number of hydrogen-bond acceptors (Lipinski definition) is 9. The SMILES string of the molecule is CN=CC(=CN)c1cc(Nc2ncc(Br)c(Nc3cc4c(cc3P(C)C)CC4)n2)c(OC)cc1N1CC(C)OC(C)C1. The third-order valence-corrected chi connectivity index (χ3v) is 9.46. The Kier molecular flexibility index (Phi) is 9.35. The van der Waals surface area contributed by atoms with Crippen LogP contribution in [0.5, 0.6) is 5.75 Å². The van der Waals surface area contributed by atoms with E-state index in [0.717, 1.165) is 58.6 Å². The lowest BCUT2D eigenvalue weighted by molar-refractivity contribution is -0.00523. The summed E-state index contributed by atoms with van der Waals surface area (Å²) in [5, 5.41) is 8.32. The average molecular weight is 653 g/mol. The van der Waals surface area contributed by atoms with Crippen LogP contribution in [0.2, 0.25) is 0 Å². The van der Waals surface area contributed by atoms with E-state index < -0.39 is 0 Å². The molecule has 5 rings (SSSR count). The highest BCUT2D eigenvalue weighted by molar-refractivity contribution is 9.10. The summed E-state index contributed by atoms with van der Waals surface area (Å²) in [6.45, 7) is 10.2. The standard InChI is InChI=1S/C31H39BrN7O2P/c1-18-16-39(17-19(2)41-18)27-12-28(40-4)25(11-23(27)22(13-33)14-34-3)37-31-35-15-24(32)30(38-31)36-26-9-20-7-8-21(20)10-29(26)42(5)6/h9-15,18-19H,7-8,16-17,33H2,1-6H3,(H2,35,36,37,38). The van der Waals surface area contributed by atoms with Crippen LogP contribution in [0.1, 0.15) is 30.5 Å². The van der Waals surface area contributed by atoms with E-state index in [2.05, 4.69) is 80.7 Å². The first-order valence-corrected chi connectivity index (χ1v) is 17.1. The highest BCUT2D eigenvalue weighted by atomic mass is 79.9. The lowest BCUT2D eigenvalue weighted by Crippen LogP contribution is -2.45. The molecule has 0 bridgehead atoms. The third-order valence-electron chi connectivity index (χ3n) is 7.54. The van der Waals surface area contributed by atoms with E-state index in [9.17, 15) is 0 Å². The summed E-state index contributed by atoms with van der Waals surface area (Å²) in [6, 6.07) is 8.68. The lowest BCUT2D eigenvalue weighted by atomic mass is 9.88. The van der Waals surface area contributed by atoms with Crippen LogP contribution in [0.25, 0.3) is 5.57 Å². The van der Waals surface area contributed by atoms with Gasteiger partial charge < -0.3 is 30.7 Å². The van der Waals surface area contributed by atoms with Gasteiger partial charge in [-0.3, -0.25) is 4.99 Å². The van der Waals surface area contributed by atoms with Crippen LogP contribution in [0, 0.1) is 0 Å². The molecule has 0 saturated carbocycles. The van der Waals surface area contributed by atoms with Crippen molar-refractivity contribution in [3.05, 3.63) is 57.8 Å². The Bertz CT molecular complexity index is 1520. The van der Waals surface area contributed by atoms with Crippen molar-refractivity contribution >= 4 is 69.8 Å².